The summed E-state index contributed by atoms with van der Waals surface area (Å²) in [5.41, 5.74) is 1.87. The molecule has 0 aliphatic heterocycles. The monoisotopic (exact) mass is 521 g/mol. The summed E-state index contributed by atoms with van der Waals surface area (Å²) < 4.78 is 0.945. The first-order chi connectivity index (χ1) is 15.2. The quantitative estimate of drug-likeness (QED) is 0.334. The zero-order chi connectivity index (χ0) is 23.7. The van der Waals surface area contributed by atoms with E-state index in [1.54, 1.807) is 24.0 Å². The number of amides is 2. The molecule has 0 bridgehead atoms. The molecule has 0 aliphatic carbocycles. The van der Waals surface area contributed by atoms with E-state index in [1.165, 1.54) is 23.9 Å². The number of benzene rings is 2. The molecule has 2 aromatic rings. The molecule has 0 saturated carbocycles. The van der Waals surface area contributed by atoms with Crippen LogP contribution in [0.25, 0.3) is 0 Å². The Labute approximate surface area is 201 Å². The number of nitrogens with zero attached hydrogens (tertiary/aromatic N) is 2. The van der Waals surface area contributed by atoms with Crippen molar-refractivity contribution < 1.29 is 14.5 Å². The maximum absolute atomic E-state index is 13.1. The smallest absolute Gasteiger partial charge is 0.269 e. The van der Waals surface area contributed by atoms with E-state index < -0.39 is 11.0 Å². The molecule has 0 unspecified atom stereocenters. The maximum Gasteiger partial charge on any atom is 0.269 e. The van der Waals surface area contributed by atoms with Gasteiger partial charge < -0.3 is 10.2 Å². The number of carbonyl (C=O) groups is 2. The molecule has 172 valence electrons. The first-order valence-electron chi connectivity index (χ1n) is 10.4. The summed E-state index contributed by atoms with van der Waals surface area (Å²) in [6.07, 6.45) is 0.810. The van der Waals surface area contributed by atoms with Gasteiger partial charge in [0, 0.05) is 34.9 Å². The van der Waals surface area contributed by atoms with Gasteiger partial charge in [-0.1, -0.05) is 47.1 Å². The standard InChI is InChI=1S/C23H28BrN3O4S/c1-4-16(2)25-23(29)17(3)26(13-18-5-9-20(24)10-6-18)22(28)15-32-14-19-7-11-21(12-8-19)27(30)31/h5-12,16-17H,4,13-15H2,1-3H3,(H,25,29)/t16-,17+/m1/s1. The van der Waals surface area contributed by atoms with Crippen LogP contribution in [0.5, 0.6) is 0 Å². The molecule has 0 saturated heterocycles. The molecule has 0 spiro atoms. The van der Waals surface area contributed by atoms with E-state index in [0.717, 1.165) is 22.0 Å². The molecule has 2 atom stereocenters. The lowest BCUT2D eigenvalue weighted by molar-refractivity contribution is -0.384. The number of nitro groups is 1. The van der Waals surface area contributed by atoms with Crippen LogP contribution in [0.2, 0.25) is 0 Å². The van der Waals surface area contributed by atoms with Gasteiger partial charge in [-0.2, -0.15) is 0 Å². The Bertz CT molecular complexity index is 922. The molecule has 2 aromatic carbocycles. The number of nitrogens with one attached hydrogen (secondary N) is 1. The van der Waals surface area contributed by atoms with Crippen molar-refractivity contribution in [3.63, 3.8) is 0 Å². The van der Waals surface area contributed by atoms with E-state index in [0.29, 0.717) is 12.3 Å². The van der Waals surface area contributed by atoms with Gasteiger partial charge in [0.15, 0.2) is 0 Å². The molecule has 32 heavy (non-hydrogen) atoms. The average Bonchev–Trinajstić information content (AvgIpc) is 2.78. The van der Waals surface area contributed by atoms with Crippen molar-refractivity contribution in [2.75, 3.05) is 5.75 Å². The Hall–Kier alpha value is -2.39. The summed E-state index contributed by atoms with van der Waals surface area (Å²) in [6.45, 7) is 6.01. The van der Waals surface area contributed by atoms with Crippen LogP contribution in [0.3, 0.4) is 0 Å². The van der Waals surface area contributed by atoms with Crippen molar-refractivity contribution in [2.24, 2.45) is 0 Å². The molecule has 0 heterocycles. The van der Waals surface area contributed by atoms with E-state index in [9.17, 15) is 19.7 Å². The van der Waals surface area contributed by atoms with Crippen LogP contribution in [0.15, 0.2) is 53.0 Å². The highest BCUT2D eigenvalue weighted by Crippen LogP contribution is 2.19. The topological polar surface area (TPSA) is 92.6 Å². The Kier molecular flexibility index (Phi) is 10.2. The second-order valence-electron chi connectivity index (χ2n) is 7.56. The third-order valence-corrected chi connectivity index (χ3v) is 6.59. The lowest BCUT2D eigenvalue weighted by atomic mass is 10.1. The third kappa shape index (κ3) is 7.94. The number of non-ortho nitro benzene ring substituents is 1. The van der Waals surface area contributed by atoms with Crippen molar-refractivity contribution in [3.05, 3.63) is 74.2 Å². The van der Waals surface area contributed by atoms with Gasteiger partial charge in [0.05, 0.1) is 10.7 Å². The number of halogens is 1. The molecule has 0 aromatic heterocycles. The van der Waals surface area contributed by atoms with Gasteiger partial charge in [0.2, 0.25) is 11.8 Å². The van der Waals surface area contributed by atoms with E-state index >= 15 is 0 Å². The van der Waals surface area contributed by atoms with Crippen LogP contribution in [0, 0.1) is 10.1 Å². The molecular weight excluding hydrogens is 494 g/mol. The highest BCUT2D eigenvalue weighted by atomic mass is 79.9. The molecule has 7 nitrogen and oxygen atoms in total. The lowest BCUT2D eigenvalue weighted by Gasteiger charge is -2.29. The Morgan fingerprint density at radius 1 is 1.09 bits per heavy atom. The zero-order valence-corrected chi connectivity index (χ0v) is 20.8. The summed E-state index contributed by atoms with van der Waals surface area (Å²) in [7, 11) is 0. The van der Waals surface area contributed by atoms with Crippen LogP contribution in [-0.2, 0) is 21.9 Å². The van der Waals surface area contributed by atoms with Gasteiger partial charge in [-0.3, -0.25) is 19.7 Å². The third-order valence-electron chi connectivity index (χ3n) is 5.08. The van der Waals surface area contributed by atoms with Gasteiger partial charge >= 0.3 is 0 Å². The van der Waals surface area contributed by atoms with Gasteiger partial charge in [-0.25, -0.2) is 0 Å². The normalized spacial score (nSPS) is 12.6. The van der Waals surface area contributed by atoms with Crippen molar-refractivity contribution in [1.82, 2.24) is 10.2 Å². The van der Waals surface area contributed by atoms with Crippen molar-refractivity contribution in [2.45, 2.75) is 51.6 Å². The molecule has 1 N–H and O–H groups in total. The Balaban J connectivity index is 2.05. The summed E-state index contributed by atoms with van der Waals surface area (Å²) >= 11 is 4.83. The lowest BCUT2D eigenvalue weighted by Crippen LogP contribution is -2.50. The average molecular weight is 522 g/mol. The number of hydrogen-bond acceptors (Lipinski definition) is 5. The number of thioether (sulfide) groups is 1. The first kappa shape index (κ1) is 25.9. The predicted molar refractivity (Wildman–Crippen MR) is 131 cm³/mol. The van der Waals surface area contributed by atoms with E-state index in [2.05, 4.69) is 21.2 Å². The van der Waals surface area contributed by atoms with Crippen LogP contribution in [0.4, 0.5) is 5.69 Å². The molecule has 0 radical (unpaired) electrons. The van der Waals surface area contributed by atoms with Crippen LogP contribution >= 0.6 is 27.7 Å². The minimum atomic E-state index is -0.611. The fourth-order valence-electron chi connectivity index (χ4n) is 2.89. The number of nitro benzene ring substituents is 1. The second kappa shape index (κ2) is 12.6. The summed E-state index contributed by atoms with van der Waals surface area (Å²) in [6, 6.07) is 13.4. The molecule has 0 aliphatic rings. The SMILES string of the molecule is CC[C@@H](C)NC(=O)[C@H](C)N(Cc1ccc(Br)cc1)C(=O)CSCc1ccc([N+](=O)[O-])cc1. The van der Waals surface area contributed by atoms with Gasteiger partial charge in [0.1, 0.15) is 6.04 Å². The number of rotatable bonds is 11. The minimum Gasteiger partial charge on any atom is -0.352 e. The van der Waals surface area contributed by atoms with Crippen molar-refractivity contribution in [1.29, 1.82) is 0 Å². The summed E-state index contributed by atoms with van der Waals surface area (Å²) in [5, 5.41) is 13.7. The fraction of sp³-hybridized carbons (Fsp3) is 0.391. The minimum absolute atomic E-state index is 0.0334. The predicted octanol–water partition coefficient (Wildman–Crippen LogP) is 4.92. The van der Waals surface area contributed by atoms with Crippen LogP contribution in [-0.4, -0.2) is 39.5 Å². The highest BCUT2D eigenvalue weighted by molar-refractivity contribution is 9.10. The molecule has 2 rings (SSSR count). The highest BCUT2D eigenvalue weighted by Gasteiger charge is 2.26. The molecule has 2 amide bonds. The number of hydrogen-bond donors (Lipinski definition) is 1. The van der Waals surface area contributed by atoms with E-state index in [-0.39, 0.29) is 29.3 Å². The largest absolute Gasteiger partial charge is 0.352 e. The Morgan fingerprint density at radius 3 is 2.25 bits per heavy atom. The van der Waals surface area contributed by atoms with Gasteiger partial charge in [-0.15, -0.1) is 11.8 Å². The molecular formula is C23H28BrN3O4S. The second-order valence-corrected chi connectivity index (χ2v) is 9.46. The van der Waals surface area contributed by atoms with Crippen molar-refractivity contribution in [3.8, 4) is 0 Å². The first-order valence-corrected chi connectivity index (χ1v) is 12.3. The molecule has 0 fully saturated rings. The number of carbonyl (C=O) groups excluding carboxylic acids is 2. The Morgan fingerprint density at radius 2 is 1.69 bits per heavy atom. The van der Waals surface area contributed by atoms with Crippen LogP contribution in [0.1, 0.15) is 38.3 Å². The fourth-order valence-corrected chi connectivity index (χ4v) is 4.02. The maximum atomic E-state index is 13.1. The van der Waals surface area contributed by atoms with Gasteiger partial charge in [0.25, 0.3) is 5.69 Å². The van der Waals surface area contributed by atoms with E-state index in [4.69, 9.17) is 0 Å². The van der Waals surface area contributed by atoms with E-state index in [1.807, 2.05) is 38.1 Å². The van der Waals surface area contributed by atoms with Crippen LogP contribution < -0.4 is 5.32 Å². The van der Waals surface area contributed by atoms with Gasteiger partial charge in [-0.05, 0) is 43.5 Å². The summed E-state index contributed by atoms with van der Waals surface area (Å²) in [4.78, 5) is 37.7. The molecule has 9 heteroatoms. The summed E-state index contributed by atoms with van der Waals surface area (Å²) in [5.74, 6) is 0.439. The van der Waals surface area contributed by atoms with Crippen molar-refractivity contribution >= 4 is 45.2 Å². The zero-order valence-electron chi connectivity index (χ0n) is 18.4.